The monoisotopic (exact) mass is 281 g/mol. The minimum absolute atomic E-state index is 0.482. The number of nitrogen functional groups attached to an aromatic ring is 1. The highest BCUT2D eigenvalue weighted by atomic mass is 16.5. The Hall–Kier alpha value is -1.96. The van der Waals surface area contributed by atoms with Gasteiger partial charge in [0.25, 0.3) is 0 Å². The maximum atomic E-state index is 6.11. The van der Waals surface area contributed by atoms with Crippen LogP contribution in [0.4, 0.5) is 5.69 Å². The lowest BCUT2D eigenvalue weighted by molar-refractivity contribution is 0.274. The smallest absolute Gasteiger partial charge is 0.145 e. The highest BCUT2D eigenvalue weighted by Gasteiger charge is 2.21. The summed E-state index contributed by atoms with van der Waals surface area (Å²) in [6.07, 6.45) is 3.63. The number of ether oxygens (including phenoxy) is 1. The van der Waals surface area contributed by atoms with Gasteiger partial charge in [0.05, 0.1) is 12.3 Å². The van der Waals surface area contributed by atoms with E-state index in [1.54, 1.807) is 0 Å². The molecule has 0 spiro atoms. The number of anilines is 1. The molecule has 0 aromatic heterocycles. The normalized spacial score (nSPS) is 17.3. The topological polar surface area (TPSA) is 35.2 Å². The fourth-order valence-electron chi connectivity index (χ4n) is 3.40. The Balaban J connectivity index is 1.78. The molecule has 3 rings (SSSR count). The Morgan fingerprint density at radius 1 is 1.19 bits per heavy atom. The molecule has 1 aliphatic rings. The van der Waals surface area contributed by atoms with Gasteiger partial charge in [0.15, 0.2) is 0 Å². The molecule has 0 fully saturated rings. The molecule has 0 radical (unpaired) electrons. The number of hydrogen-bond acceptors (Lipinski definition) is 2. The SMILES string of the molecule is Cc1cc(C)c(OCC2CCCc3ccccc32)c(N)c1. The highest BCUT2D eigenvalue weighted by Crippen LogP contribution is 2.34. The molecule has 110 valence electrons. The van der Waals surface area contributed by atoms with Crippen molar-refractivity contribution in [1.82, 2.24) is 0 Å². The van der Waals surface area contributed by atoms with Gasteiger partial charge in [-0.1, -0.05) is 30.3 Å². The standard InChI is InChI=1S/C19H23NO/c1-13-10-14(2)19(18(20)11-13)21-12-16-8-5-7-15-6-3-4-9-17(15)16/h3-4,6,9-11,16H,5,7-8,12,20H2,1-2H3. The number of hydrogen-bond donors (Lipinski definition) is 1. The molecule has 2 aromatic carbocycles. The third kappa shape index (κ3) is 2.90. The van der Waals surface area contributed by atoms with Gasteiger partial charge in [-0.05, 0) is 61.4 Å². The Bertz CT molecular complexity index is 625. The van der Waals surface area contributed by atoms with Crippen molar-refractivity contribution in [2.24, 2.45) is 0 Å². The van der Waals surface area contributed by atoms with Crippen LogP contribution in [0, 0.1) is 13.8 Å². The van der Waals surface area contributed by atoms with Crippen LogP contribution >= 0.6 is 0 Å². The summed E-state index contributed by atoms with van der Waals surface area (Å²) in [6.45, 7) is 4.84. The third-order valence-corrected chi connectivity index (χ3v) is 4.37. The summed E-state index contributed by atoms with van der Waals surface area (Å²) in [6, 6.07) is 12.9. The van der Waals surface area contributed by atoms with E-state index in [0.717, 1.165) is 17.0 Å². The number of nitrogens with two attached hydrogens (primary N) is 1. The molecule has 0 amide bonds. The summed E-state index contributed by atoms with van der Waals surface area (Å²) in [5.41, 5.74) is 12.1. The van der Waals surface area contributed by atoms with E-state index in [9.17, 15) is 0 Å². The maximum absolute atomic E-state index is 6.11. The van der Waals surface area contributed by atoms with Gasteiger partial charge >= 0.3 is 0 Å². The van der Waals surface area contributed by atoms with E-state index in [1.807, 2.05) is 6.07 Å². The van der Waals surface area contributed by atoms with Gasteiger partial charge in [0.2, 0.25) is 0 Å². The van der Waals surface area contributed by atoms with E-state index < -0.39 is 0 Å². The van der Waals surface area contributed by atoms with Crippen molar-refractivity contribution in [3.05, 3.63) is 58.7 Å². The second-order valence-electron chi connectivity index (χ2n) is 6.10. The van der Waals surface area contributed by atoms with Crippen molar-refractivity contribution in [2.75, 3.05) is 12.3 Å². The van der Waals surface area contributed by atoms with E-state index >= 15 is 0 Å². The first-order chi connectivity index (χ1) is 10.1. The van der Waals surface area contributed by atoms with Gasteiger partial charge in [0, 0.05) is 5.92 Å². The minimum atomic E-state index is 0.482. The van der Waals surface area contributed by atoms with Crippen LogP contribution in [0.15, 0.2) is 36.4 Å². The summed E-state index contributed by atoms with van der Waals surface area (Å²) < 4.78 is 6.09. The molecule has 2 aromatic rings. The van der Waals surface area contributed by atoms with E-state index in [-0.39, 0.29) is 0 Å². The molecular formula is C19H23NO. The van der Waals surface area contributed by atoms with E-state index in [0.29, 0.717) is 12.5 Å². The zero-order chi connectivity index (χ0) is 14.8. The number of fused-ring (bicyclic) bond motifs is 1. The van der Waals surface area contributed by atoms with Gasteiger partial charge < -0.3 is 10.5 Å². The van der Waals surface area contributed by atoms with Crippen molar-refractivity contribution in [2.45, 2.75) is 39.0 Å². The van der Waals surface area contributed by atoms with E-state index in [1.165, 1.54) is 36.0 Å². The molecular weight excluding hydrogens is 258 g/mol. The lowest BCUT2D eigenvalue weighted by Crippen LogP contribution is -2.17. The van der Waals surface area contributed by atoms with E-state index in [4.69, 9.17) is 10.5 Å². The fraction of sp³-hybridized carbons (Fsp3) is 0.368. The van der Waals surface area contributed by atoms with E-state index in [2.05, 4.69) is 44.2 Å². The van der Waals surface area contributed by atoms with Gasteiger partial charge in [0.1, 0.15) is 5.75 Å². The molecule has 0 heterocycles. The second kappa shape index (κ2) is 5.80. The molecule has 1 aliphatic carbocycles. The van der Waals surface area contributed by atoms with Crippen LogP contribution in [0.25, 0.3) is 0 Å². The summed E-state index contributed by atoms with van der Waals surface area (Å²) in [7, 11) is 0. The van der Waals surface area contributed by atoms with Crippen molar-refractivity contribution in [3.63, 3.8) is 0 Å². The van der Waals surface area contributed by atoms with Crippen molar-refractivity contribution in [3.8, 4) is 5.75 Å². The summed E-state index contributed by atoms with van der Waals surface area (Å²) in [5, 5.41) is 0. The quantitative estimate of drug-likeness (QED) is 0.847. The van der Waals surface area contributed by atoms with Crippen molar-refractivity contribution >= 4 is 5.69 Å². The molecule has 2 N–H and O–H groups in total. The van der Waals surface area contributed by atoms with Crippen molar-refractivity contribution in [1.29, 1.82) is 0 Å². The molecule has 21 heavy (non-hydrogen) atoms. The number of benzene rings is 2. The summed E-state index contributed by atoms with van der Waals surface area (Å²) in [4.78, 5) is 0. The Kier molecular flexibility index (Phi) is 3.87. The van der Waals surface area contributed by atoms with Crippen LogP contribution in [0.5, 0.6) is 5.75 Å². The highest BCUT2D eigenvalue weighted by molar-refractivity contribution is 5.58. The first-order valence-corrected chi connectivity index (χ1v) is 7.72. The molecule has 0 saturated heterocycles. The van der Waals surface area contributed by atoms with Crippen LogP contribution in [0.3, 0.4) is 0 Å². The zero-order valence-electron chi connectivity index (χ0n) is 12.9. The Labute approximate surface area is 126 Å². The lowest BCUT2D eigenvalue weighted by atomic mass is 9.83. The Morgan fingerprint density at radius 2 is 2.00 bits per heavy atom. The van der Waals surface area contributed by atoms with Crippen LogP contribution in [-0.4, -0.2) is 6.61 Å². The molecule has 1 unspecified atom stereocenters. The first kappa shape index (κ1) is 14.0. The molecule has 1 atom stereocenters. The van der Waals surface area contributed by atoms with Gasteiger partial charge in [-0.25, -0.2) is 0 Å². The lowest BCUT2D eigenvalue weighted by Gasteiger charge is -2.26. The second-order valence-corrected chi connectivity index (χ2v) is 6.10. The van der Waals surface area contributed by atoms with Crippen LogP contribution in [0.1, 0.15) is 41.0 Å². The van der Waals surface area contributed by atoms with Crippen LogP contribution in [0.2, 0.25) is 0 Å². The predicted octanol–water partition coefficient (Wildman–Crippen LogP) is 4.38. The van der Waals surface area contributed by atoms with Crippen LogP contribution < -0.4 is 10.5 Å². The molecule has 2 nitrogen and oxygen atoms in total. The largest absolute Gasteiger partial charge is 0.491 e. The van der Waals surface area contributed by atoms with Gasteiger partial charge in [-0.15, -0.1) is 0 Å². The maximum Gasteiger partial charge on any atom is 0.145 e. The third-order valence-electron chi connectivity index (χ3n) is 4.37. The van der Waals surface area contributed by atoms with Crippen molar-refractivity contribution < 1.29 is 4.74 Å². The molecule has 0 bridgehead atoms. The average Bonchev–Trinajstić information content (AvgIpc) is 2.46. The Morgan fingerprint density at radius 3 is 2.81 bits per heavy atom. The van der Waals surface area contributed by atoms with Gasteiger partial charge in [-0.3, -0.25) is 0 Å². The first-order valence-electron chi connectivity index (χ1n) is 7.72. The zero-order valence-corrected chi connectivity index (χ0v) is 12.9. The fourth-order valence-corrected chi connectivity index (χ4v) is 3.40. The summed E-state index contributed by atoms with van der Waals surface area (Å²) in [5.74, 6) is 1.33. The summed E-state index contributed by atoms with van der Waals surface area (Å²) >= 11 is 0. The van der Waals surface area contributed by atoms with Crippen LogP contribution in [-0.2, 0) is 6.42 Å². The number of rotatable bonds is 3. The number of aryl methyl sites for hydroxylation is 3. The minimum Gasteiger partial charge on any atom is -0.491 e. The average molecular weight is 281 g/mol. The predicted molar refractivity (Wildman–Crippen MR) is 87.9 cm³/mol. The molecule has 0 saturated carbocycles. The molecule has 0 aliphatic heterocycles. The van der Waals surface area contributed by atoms with Gasteiger partial charge in [-0.2, -0.15) is 0 Å². The molecule has 2 heteroatoms.